The number of likely N-dealkylation sites (N-methyl/N-ethyl adjacent to an activating group) is 1. The van der Waals surface area contributed by atoms with Crippen LogP contribution in [-0.4, -0.2) is 25.8 Å². The molecule has 0 amide bonds. The van der Waals surface area contributed by atoms with Gasteiger partial charge < -0.3 is 10.1 Å². The average molecular weight is 213 g/mol. The molecule has 90 valence electrons. The molecule has 2 nitrogen and oxygen atoms in total. The molecule has 1 fully saturated rings. The van der Waals surface area contributed by atoms with Gasteiger partial charge in [-0.2, -0.15) is 0 Å². The van der Waals surface area contributed by atoms with Crippen LogP contribution in [0.15, 0.2) is 0 Å². The fraction of sp³-hybridized carbons (Fsp3) is 1.00. The molecule has 15 heavy (non-hydrogen) atoms. The number of ether oxygens (including phenoxy) is 1. The Bertz CT molecular complexity index is 161. The molecule has 0 heterocycles. The minimum atomic E-state index is 0.459. The second-order valence-corrected chi connectivity index (χ2v) is 4.77. The van der Waals surface area contributed by atoms with Crippen molar-refractivity contribution in [3.63, 3.8) is 0 Å². The third kappa shape index (κ3) is 4.12. The van der Waals surface area contributed by atoms with Crippen molar-refractivity contribution in [1.82, 2.24) is 5.32 Å². The minimum absolute atomic E-state index is 0.459. The molecule has 2 heteroatoms. The van der Waals surface area contributed by atoms with Crippen LogP contribution in [0.2, 0.25) is 0 Å². The molecule has 1 N–H and O–H groups in total. The van der Waals surface area contributed by atoms with Gasteiger partial charge in [0.1, 0.15) is 0 Å². The van der Waals surface area contributed by atoms with Crippen LogP contribution in [-0.2, 0) is 4.74 Å². The average Bonchev–Trinajstić information content (AvgIpc) is 2.27. The van der Waals surface area contributed by atoms with E-state index in [4.69, 9.17) is 4.74 Å². The van der Waals surface area contributed by atoms with Crippen LogP contribution in [0.25, 0.3) is 0 Å². The Morgan fingerprint density at radius 1 is 1.20 bits per heavy atom. The molecular weight excluding hydrogens is 186 g/mol. The lowest BCUT2D eigenvalue weighted by atomic mass is 9.81. The molecular formula is C13H27NO. The van der Waals surface area contributed by atoms with E-state index in [1.165, 1.54) is 32.1 Å². The Hall–Kier alpha value is -0.0800. The fourth-order valence-electron chi connectivity index (χ4n) is 2.67. The number of rotatable bonds is 6. The van der Waals surface area contributed by atoms with Crippen molar-refractivity contribution in [2.45, 2.75) is 64.5 Å². The smallest absolute Gasteiger partial charge is 0.0730 e. The Balaban J connectivity index is 2.38. The Kier molecular flexibility index (Phi) is 6.26. The molecule has 3 unspecified atom stereocenters. The first-order valence-corrected chi connectivity index (χ1v) is 6.60. The van der Waals surface area contributed by atoms with Crippen LogP contribution in [0.5, 0.6) is 0 Å². The van der Waals surface area contributed by atoms with Crippen molar-refractivity contribution in [1.29, 1.82) is 0 Å². The highest BCUT2D eigenvalue weighted by Crippen LogP contribution is 2.29. The van der Waals surface area contributed by atoms with Gasteiger partial charge in [0.15, 0.2) is 0 Å². The molecule has 1 rings (SSSR count). The summed E-state index contributed by atoms with van der Waals surface area (Å²) in [6.07, 6.45) is 8.21. The Morgan fingerprint density at radius 2 is 2.00 bits per heavy atom. The summed E-state index contributed by atoms with van der Waals surface area (Å²) in [6, 6.07) is 0.588. The zero-order valence-electron chi connectivity index (χ0n) is 10.6. The first-order valence-electron chi connectivity index (χ1n) is 6.60. The lowest BCUT2D eigenvalue weighted by molar-refractivity contribution is -0.00896. The molecule has 1 saturated carbocycles. The highest BCUT2D eigenvalue weighted by molar-refractivity contribution is 4.84. The second kappa shape index (κ2) is 7.24. The molecule has 0 spiro atoms. The van der Waals surface area contributed by atoms with Gasteiger partial charge in [-0.05, 0) is 38.6 Å². The molecule has 3 atom stereocenters. The second-order valence-electron chi connectivity index (χ2n) is 4.77. The minimum Gasteiger partial charge on any atom is -0.377 e. The van der Waals surface area contributed by atoms with Gasteiger partial charge in [0.25, 0.3) is 0 Å². The predicted octanol–water partition coefficient (Wildman–Crippen LogP) is 2.97. The van der Waals surface area contributed by atoms with E-state index in [2.05, 4.69) is 26.2 Å². The molecule has 0 radical (unpaired) electrons. The van der Waals surface area contributed by atoms with E-state index in [1.54, 1.807) is 0 Å². The summed E-state index contributed by atoms with van der Waals surface area (Å²) in [5, 5.41) is 3.40. The highest BCUT2D eigenvalue weighted by atomic mass is 16.5. The third-order valence-corrected chi connectivity index (χ3v) is 3.50. The molecule has 0 saturated heterocycles. The van der Waals surface area contributed by atoms with Gasteiger partial charge in [0.05, 0.1) is 6.10 Å². The monoisotopic (exact) mass is 213 g/mol. The third-order valence-electron chi connectivity index (χ3n) is 3.50. The number of hydrogen-bond acceptors (Lipinski definition) is 2. The van der Waals surface area contributed by atoms with Crippen LogP contribution in [0.1, 0.15) is 52.4 Å². The first-order chi connectivity index (χ1) is 7.31. The van der Waals surface area contributed by atoms with Crippen molar-refractivity contribution < 1.29 is 4.74 Å². The zero-order valence-corrected chi connectivity index (χ0v) is 10.6. The first kappa shape index (κ1) is 13.0. The molecule has 0 aromatic heterocycles. The maximum Gasteiger partial charge on any atom is 0.0730 e. The van der Waals surface area contributed by atoms with Crippen molar-refractivity contribution in [2.75, 3.05) is 13.7 Å². The molecule has 0 aliphatic heterocycles. The summed E-state index contributed by atoms with van der Waals surface area (Å²) in [6.45, 7) is 5.38. The summed E-state index contributed by atoms with van der Waals surface area (Å²) in [5.41, 5.74) is 0. The van der Waals surface area contributed by atoms with Crippen LogP contribution >= 0.6 is 0 Å². The van der Waals surface area contributed by atoms with E-state index in [1.807, 2.05) is 0 Å². The van der Waals surface area contributed by atoms with Gasteiger partial charge in [-0.15, -0.1) is 0 Å². The predicted molar refractivity (Wildman–Crippen MR) is 65.1 cm³/mol. The quantitative estimate of drug-likeness (QED) is 0.732. The van der Waals surface area contributed by atoms with Crippen LogP contribution in [0, 0.1) is 5.92 Å². The van der Waals surface area contributed by atoms with E-state index < -0.39 is 0 Å². The largest absolute Gasteiger partial charge is 0.377 e. The maximum atomic E-state index is 5.95. The van der Waals surface area contributed by atoms with E-state index >= 15 is 0 Å². The summed E-state index contributed by atoms with van der Waals surface area (Å²) in [4.78, 5) is 0. The van der Waals surface area contributed by atoms with Gasteiger partial charge in [0, 0.05) is 12.6 Å². The van der Waals surface area contributed by atoms with Crippen molar-refractivity contribution >= 4 is 0 Å². The molecule has 0 bridgehead atoms. The summed E-state index contributed by atoms with van der Waals surface area (Å²) < 4.78 is 5.95. The van der Waals surface area contributed by atoms with Gasteiger partial charge in [-0.3, -0.25) is 0 Å². The van der Waals surface area contributed by atoms with E-state index in [0.29, 0.717) is 12.1 Å². The molecule has 0 aromatic carbocycles. The normalized spacial score (nSPS) is 31.8. The Labute approximate surface area is 94.8 Å². The van der Waals surface area contributed by atoms with Gasteiger partial charge >= 0.3 is 0 Å². The highest BCUT2D eigenvalue weighted by Gasteiger charge is 2.29. The van der Waals surface area contributed by atoms with Crippen molar-refractivity contribution in [3.05, 3.63) is 0 Å². The summed E-state index contributed by atoms with van der Waals surface area (Å²) in [7, 11) is 2.06. The summed E-state index contributed by atoms with van der Waals surface area (Å²) >= 11 is 0. The SMILES string of the molecule is CCCOC1CC(CCC)CCC1NC. The lowest BCUT2D eigenvalue weighted by Crippen LogP contribution is -2.44. The number of nitrogens with one attached hydrogen (secondary N) is 1. The van der Waals surface area contributed by atoms with Crippen molar-refractivity contribution in [2.24, 2.45) is 5.92 Å². The molecule has 1 aliphatic rings. The molecule has 0 aromatic rings. The Morgan fingerprint density at radius 3 is 2.60 bits per heavy atom. The van der Waals surface area contributed by atoms with Crippen LogP contribution in [0.3, 0.4) is 0 Å². The topological polar surface area (TPSA) is 21.3 Å². The maximum absolute atomic E-state index is 5.95. The van der Waals surface area contributed by atoms with E-state index in [0.717, 1.165) is 18.9 Å². The van der Waals surface area contributed by atoms with E-state index in [9.17, 15) is 0 Å². The summed E-state index contributed by atoms with van der Waals surface area (Å²) in [5.74, 6) is 0.904. The molecule has 1 aliphatic carbocycles. The van der Waals surface area contributed by atoms with Crippen LogP contribution in [0.4, 0.5) is 0 Å². The zero-order chi connectivity index (χ0) is 11.1. The van der Waals surface area contributed by atoms with Crippen LogP contribution < -0.4 is 5.32 Å². The van der Waals surface area contributed by atoms with Gasteiger partial charge in [-0.1, -0.05) is 26.7 Å². The number of hydrogen-bond donors (Lipinski definition) is 1. The van der Waals surface area contributed by atoms with Crippen molar-refractivity contribution in [3.8, 4) is 0 Å². The fourth-order valence-corrected chi connectivity index (χ4v) is 2.67. The lowest BCUT2D eigenvalue weighted by Gasteiger charge is -2.36. The van der Waals surface area contributed by atoms with Gasteiger partial charge in [0.2, 0.25) is 0 Å². The standard InChI is InChI=1S/C13H27NO/c1-4-6-11-7-8-12(14-3)13(10-11)15-9-5-2/h11-14H,4-10H2,1-3H3. The van der Waals surface area contributed by atoms with Gasteiger partial charge in [-0.25, -0.2) is 0 Å². The van der Waals surface area contributed by atoms with E-state index in [-0.39, 0.29) is 0 Å².